The summed E-state index contributed by atoms with van der Waals surface area (Å²) in [7, 11) is -19.1. The van der Waals surface area contributed by atoms with E-state index in [0.29, 0.717) is 10.8 Å². The number of sulfone groups is 1. The van der Waals surface area contributed by atoms with Gasteiger partial charge in [0, 0.05) is 5.69 Å². The van der Waals surface area contributed by atoms with Crippen molar-refractivity contribution >= 4 is 108 Å². The van der Waals surface area contributed by atoms with Gasteiger partial charge in [-0.1, -0.05) is 53.0 Å². The van der Waals surface area contributed by atoms with Crippen LogP contribution in [0.1, 0.15) is 5.56 Å². The number of aromatic nitrogens is 1. The molecule has 5 aromatic rings. The molecule has 0 aromatic heterocycles. The Balaban J connectivity index is 1.25. The highest BCUT2D eigenvalue weighted by Crippen LogP contribution is 2.55. The van der Waals surface area contributed by atoms with Gasteiger partial charge >= 0.3 is 10.1 Å². The van der Waals surface area contributed by atoms with Crippen molar-refractivity contribution in [1.82, 2.24) is 4.98 Å². The van der Waals surface area contributed by atoms with Crippen molar-refractivity contribution in [3.05, 3.63) is 99.8 Å². The van der Waals surface area contributed by atoms with Gasteiger partial charge in [0.05, 0.1) is 26.5 Å². The molecule has 1 aliphatic carbocycles. The fourth-order valence-corrected chi connectivity index (χ4v) is 10.9. The van der Waals surface area contributed by atoms with Gasteiger partial charge in [0.1, 0.15) is 31.8 Å². The molecule has 0 unspecified atom stereocenters. The lowest BCUT2D eigenvalue weighted by atomic mass is 10.1. The minimum Gasteiger partial charge on any atom is -0.450 e. The van der Waals surface area contributed by atoms with Crippen LogP contribution in [0.25, 0.3) is 33.3 Å². The average molecular weight is 905 g/mol. The highest BCUT2D eigenvalue weighted by atomic mass is 35.5. The number of nitrogen functional groups attached to an aromatic ring is 1. The maximum Gasteiger partial charge on any atom is 0.300 e. The van der Waals surface area contributed by atoms with E-state index in [-0.39, 0.29) is 43.9 Å². The van der Waals surface area contributed by atoms with Gasteiger partial charge in [0.25, 0.3) is 20.1 Å². The van der Waals surface area contributed by atoms with Crippen LogP contribution >= 0.6 is 23.2 Å². The molecule has 23 heteroatoms. The molecule has 0 bridgehead atoms. The minimum absolute atomic E-state index is 0.0292. The molecule has 0 saturated heterocycles. The molecular weight excluding hydrogens is 882 g/mol. The predicted molar refractivity (Wildman–Crippen MR) is 212 cm³/mol. The van der Waals surface area contributed by atoms with E-state index in [0.717, 1.165) is 23.8 Å². The van der Waals surface area contributed by atoms with Crippen molar-refractivity contribution in [3.63, 3.8) is 0 Å². The number of nitrogens with zero attached hydrogens (tertiary/aromatic N) is 1. The van der Waals surface area contributed by atoms with Gasteiger partial charge in [-0.3, -0.25) is 19.2 Å². The second kappa shape index (κ2) is 13.3. The monoisotopic (exact) mass is 903 g/mol. The molecule has 298 valence electrons. The summed E-state index contributed by atoms with van der Waals surface area (Å²) in [5.74, 6) is -1.57. The summed E-state index contributed by atoms with van der Waals surface area (Å²) in [4.78, 5) is 0.935. The number of aryl methyl sites for hydroxylation is 1. The van der Waals surface area contributed by atoms with Crippen LogP contribution in [0.15, 0.2) is 108 Å². The average Bonchev–Trinajstić information content (AvgIpc) is 3.14. The Bertz CT molecular complexity index is 3470. The van der Waals surface area contributed by atoms with Gasteiger partial charge < -0.3 is 20.2 Å². The number of fused-ring (bicyclic) bond motifs is 5. The van der Waals surface area contributed by atoms with E-state index in [1.807, 2.05) is 6.92 Å². The lowest BCUT2D eigenvalue weighted by Crippen LogP contribution is -2.24. The molecule has 5 aromatic carbocycles. The summed E-state index contributed by atoms with van der Waals surface area (Å²) >= 11 is 13.3. The van der Waals surface area contributed by atoms with Crippen molar-refractivity contribution in [2.45, 2.75) is 31.4 Å². The standard InChI is InChI=1S/C35H23Cl2N5O12S4/c1-15-2-7-19(8-3-15)56(45,46)42-18-6-4-17-13-20(9-5-16(17)12-18)55(43,44)24-14-23-31(35(27(24)39)58(50,51)52)54-33-25(36)28-32(26(37)29(33)41-23)53-30-22(40-28)11-10-21(38)34(30)57(47,48)49/h2-14,39-40,42H,38H2,1H3,(H,47,48,49)(H,50,51,52). The Morgan fingerprint density at radius 3 is 2.09 bits per heavy atom. The number of nitrogens with two attached hydrogens (primary N) is 1. The quantitative estimate of drug-likeness (QED) is 0.0549. The number of hydrogen-bond acceptors (Lipinski definition) is 14. The van der Waals surface area contributed by atoms with E-state index < -0.39 is 92.8 Å². The van der Waals surface area contributed by atoms with E-state index in [1.54, 1.807) is 12.1 Å². The summed E-state index contributed by atoms with van der Waals surface area (Å²) in [6, 6.07) is 17.6. The van der Waals surface area contributed by atoms with Crippen molar-refractivity contribution in [2.75, 3.05) is 15.8 Å². The van der Waals surface area contributed by atoms with Crippen LogP contribution in [-0.4, -0.2) is 47.8 Å². The number of ether oxygens (including phenoxy) is 1. The molecule has 0 atom stereocenters. The lowest BCUT2D eigenvalue weighted by molar-refractivity contribution is 0.449. The van der Waals surface area contributed by atoms with Crippen LogP contribution < -0.4 is 25.9 Å². The summed E-state index contributed by atoms with van der Waals surface area (Å²) < 4.78 is 139. The fraction of sp³-hybridized carbons (Fsp3) is 0.0286. The van der Waals surface area contributed by atoms with E-state index in [2.05, 4.69) is 15.0 Å². The zero-order valence-corrected chi connectivity index (χ0v) is 33.7. The summed E-state index contributed by atoms with van der Waals surface area (Å²) in [5.41, 5.74) is 5.00. The molecule has 2 heterocycles. The van der Waals surface area contributed by atoms with E-state index >= 15 is 0 Å². The van der Waals surface area contributed by atoms with Crippen LogP contribution in [0.4, 0.5) is 22.7 Å². The Morgan fingerprint density at radius 2 is 1.41 bits per heavy atom. The first kappa shape index (κ1) is 39.3. The smallest absolute Gasteiger partial charge is 0.300 e. The molecule has 58 heavy (non-hydrogen) atoms. The highest BCUT2D eigenvalue weighted by molar-refractivity contribution is 7.92. The number of anilines is 4. The minimum atomic E-state index is -5.42. The number of nitrogens with one attached hydrogen (secondary N) is 3. The first-order valence-electron chi connectivity index (χ1n) is 16.1. The van der Waals surface area contributed by atoms with E-state index in [9.17, 15) is 42.8 Å². The van der Waals surface area contributed by atoms with E-state index in [1.165, 1.54) is 48.5 Å². The third kappa shape index (κ3) is 6.44. The highest BCUT2D eigenvalue weighted by Gasteiger charge is 2.36. The molecule has 2 aliphatic heterocycles. The third-order valence-corrected chi connectivity index (χ3v) is 14.7. The number of benzene rings is 6. The number of hydrogen-bond donors (Lipinski definition) is 6. The molecule has 0 spiro atoms. The first-order valence-corrected chi connectivity index (χ1v) is 22.7. The molecule has 0 saturated carbocycles. The van der Waals surface area contributed by atoms with Gasteiger partial charge in [0.15, 0.2) is 32.6 Å². The maximum atomic E-state index is 14.2. The van der Waals surface area contributed by atoms with Gasteiger partial charge in [-0.05, 0) is 72.3 Å². The van der Waals surface area contributed by atoms with Gasteiger partial charge in [0.2, 0.25) is 9.84 Å². The number of rotatable bonds is 7. The fourth-order valence-electron chi connectivity index (χ4n) is 6.29. The maximum absolute atomic E-state index is 14.2. The Labute approximate surface area is 338 Å². The Kier molecular flexibility index (Phi) is 8.98. The Morgan fingerprint density at radius 1 is 0.776 bits per heavy atom. The van der Waals surface area contributed by atoms with Crippen LogP contribution in [-0.2, 0) is 40.1 Å². The largest absolute Gasteiger partial charge is 0.450 e. The van der Waals surface area contributed by atoms with Crippen molar-refractivity contribution in [3.8, 4) is 23.0 Å². The number of sulfonamides is 1. The van der Waals surface area contributed by atoms with Crippen molar-refractivity contribution < 1.29 is 51.9 Å². The zero-order valence-electron chi connectivity index (χ0n) is 28.9. The normalized spacial score (nSPS) is 13.2. The first-order chi connectivity index (χ1) is 27.1. The predicted octanol–water partition coefficient (Wildman–Crippen LogP) is 6.74. The van der Waals surface area contributed by atoms with Crippen LogP contribution in [0, 0.1) is 12.3 Å². The third-order valence-electron chi connectivity index (χ3n) is 9.00. The molecule has 0 fully saturated rings. The van der Waals surface area contributed by atoms with Crippen LogP contribution in [0.2, 0.25) is 10.0 Å². The van der Waals surface area contributed by atoms with Crippen molar-refractivity contribution in [2.24, 2.45) is 0 Å². The zero-order chi connectivity index (χ0) is 41.9. The molecule has 3 aliphatic rings. The molecule has 8 rings (SSSR count). The van der Waals surface area contributed by atoms with E-state index in [4.69, 9.17) is 43.5 Å². The molecule has 0 radical (unpaired) electrons. The molecule has 0 amide bonds. The molecular formula is C35H23Cl2N5O12S4. The second-order valence-corrected chi connectivity index (χ2v) is 19.9. The SMILES string of the molecule is Cc1ccc(S(=O)(=O)Nc2ccc3cc(S(=O)(=O)c4cc5nc6c(Cl)c7c(c(Cl)c6oc-5c(S(=O)(=O)O)c4=N)Nc4ccc(N)c(S(=O)(=O)O)c4O7)ccc3c2)cc1. The summed E-state index contributed by atoms with van der Waals surface area (Å²) in [5, 5.41) is 10.3. The van der Waals surface area contributed by atoms with Gasteiger partial charge in [-0.15, -0.1) is 0 Å². The Hall–Kier alpha value is -5.52. The lowest BCUT2D eigenvalue weighted by Gasteiger charge is -2.26. The van der Waals surface area contributed by atoms with Gasteiger partial charge in [-0.25, -0.2) is 21.8 Å². The van der Waals surface area contributed by atoms with Crippen molar-refractivity contribution in [1.29, 1.82) is 5.41 Å². The summed E-state index contributed by atoms with van der Waals surface area (Å²) in [6.07, 6.45) is 0. The number of halogens is 2. The van der Waals surface area contributed by atoms with Crippen LogP contribution in [0.3, 0.4) is 0 Å². The summed E-state index contributed by atoms with van der Waals surface area (Å²) in [6.45, 7) is 1.81. The second-order valence-electron chi connectivity index (χ2n) is 12.8. The topological polar surface area (TPSA) is 286 Å². The van der Waals surface area contributed by atoms with Gasteiger partial charge in [-0.2, -0.15) is 16.8 Å². The van der Waals surface area contributed by atoms with Crippen LogP contribution in [0.5, 0.6) is 11.5 Å². The molecule has 17 nitrogen and oxygen atoms in total. The molecule has 7 N–H and O–H groups in total.